The van der Waals surface area contributed by atoms with Gasteiger partial charge in [-0.15, -0.1) is 0 Å². The standard InChI is InChI=1S/C14H17ClN2O2/c1-4-18-12-7-10(14-16-5-6-17-14)11(15)8-13(12)19-9(2)3/h5-9H,4H2,1-3H3,(H,16,17). The van der Waals surface area contributed by atoms with E-state index in [4.69, 9.17) is 21.1 Å². The molecule has 2 rings (SSSR count). The summed E-state index contributed by atoms with van der Waals surface area (Å²) in [6, 6.07) is 3.62. The van der Waals surface area contributed by atoms with Gasteiger partial charge in [0.1, 0.15) is 5.82 Å². The Morgan fingerprint density at radius 2 is 2.11 bits per heavy atom. The van der Waals surface area contributed by atoms with Crippen LogP contribution in [0.1, 0.15) is 20.8 Å². The molecule has 5 heteroatoms. The minimum Gasteiger partial charge on any atom is -0.490 e. The number of nitrogens with zero attached hydrogens (tertiary/aromatic N) is 1. The SMILES string of the molecule is CCOc1cc(-c2ncc[nH]2)c(Cl)cc1OC(C)C. The largest absolute Gasteiger partial charge is 0.490 e. The number of rotatable bonds is 5. The number of nitrogens with one attached hydrogen (secondary N) is 1. The molecule has 0 aliphatic carbocycles. The fourth-order valence-corrected chi connectivity index (χ4v) is 1.99. The molecular weight excluding hydrogens is 264 g/mol. The fraction of sp³-hybridized carbons (Fsp3) is 0.357. The lowest BCUT2D eigenvalue weighted by atomic mass is 10.2. The average Bonchev–Trinajstić information content (AvgIpc) is 2.85. The first kappa shape index (κ1) is 13.7. The zero-order chi connectivity index (χ0) is 13.8. The summed E-state index contributed by atoms with van der Waals surface area (Å²) in [6.45, 7) is 6.42. The smallest absolute Gasteiger partial charge is 0.163 e. The maximum Gasteiger partial charge on any atom is 0.163 e. The Morgan fingerprint density at radius 3 is 2.68 bits per heavy atom. The Balaban J connectivity index is 2.45. The van der Waals surface area contributed by atoms with Gasteiger partial charge >= 0.3 is 0 Å². The molecule has 2 aromatic rings. The van der Waals surface area contributed by atoms with Gasteiger partial charge in [-0.1, -0.05) is 11.6 Å². The second kappa shape index (κ2) is 5.97. The summed E-state index contributed by atoms with van der Waals surface area (Å²) in [5.74, 6) is 2.03. The van der Waals surface area contributed by atoms with E-state index in [0.717, 1.165) is 5.56 Å². The van der Waals surface area contributed by atoms with E-state index < -0.39 is 0 Å². The minimum atomic E-state index is 0.0599. The molecule has 19 heavy (non-hydrogen) atoms. The topological polar surface area (TPSA) is 47.1 Å². The maximum atomic E-state index is 6.28. The van der Waals surface area contributed by atoms with Crippen molar-refractivity contribution in [2.24, 2.45) is 0 Å². The van der Waals surface area contributed by atoms with Gasteiger partial charge in [-0.2, -0.15) is 0 Å². The Bertz CT molecular complexity index is 539. The molecule has 1 heterocycles. The summed E-state index contributed by atoms with van der Waals surface area (Å²) in [5.41, 5.74) is 0.797. The van der Waals surface area contributed by atoms with E-state index in [9.17, 15) is 0 Å². The predicted octanol–water partition coefficient (Wildman–Crippen LogP) is 3.92. The number of aromatic amines is 1. The molecule has 0 amide bonds. The molecule has 1 aromatic heterocycles. The Labute approximate surface area is 117 Å². The van der Waals surface area contributed by atoms with Crippen molar-refractivity contribution in [3.8, 4) is 22.9 Å². The Morgan fingerprint density at radius 1 is 1.32 bits per heavy atom. The molecule has 0 unspecified atom stereocenters. The van der Waals surface area contributed by atoms with Crippen LogP contribution >= 0.6 is 11.6 Å². The molecule has 4 nitrogen and oxygen atoms in total. The van der Waals surface area contributed by atoms with Crippen LogP contribution in [0.4, 0.5) is 0 Å². The van der Waals surface area contributed by atoms with Crippen molar-refractivity contribution in [1.82, 2.24) is 9.97 Å². The second-order valence-electron chi connectivity index (χ2n) is 4.32. The van der Waals surface area contributed by atoms with Crippen LogP contribution in [0.15, 0.2) is 24.5 Å². The van der Waals surface area contributed by atoms with Gasteiger partial charge in [0.05, 0.1) is 17.7 Å². The van der Waals surface area contributed by atoms with Crippen LogP contribution in [0.25, 0.3) is 11.4 Å². The molecule has 0 saturated carbocycles. The molecular formula is C14H17ClN2O2. The van der Waals surface area contributed by atoms with Gasteiger partial charge in [0.25, 0.3) is 0 Å². The van der Waals surface area contributed by atoms with Crippen LogP contribution in [-0.2, 0) is 0 Å². The summed E-state index contributed by atoms with van der Waals surface area (Å²) in [7, 11) is 0. The highest BCUT2D eigenvalue weighted by atomic mass is 35.5. The number of hydrogen-bond donors (Lipinski definition) is 1. The third-order valence-electron chi connectivity index (χ3n) is 2.45. The van der Waals surface area contributed by atoms with Crippen molar-refractivity contribution in [1.29, 1.82) is 0 Å². The van der Waals surface area contributed by atoms with Crippen LogP contribution in [-0.4, -0.2) is 22.7 Å². The molecule has 0 saturated heterocycles. The highest BCUT2D eigenvalue weighted by Gasteiger charge is 2.14. The van der Waals surface area contributed by atoms with Gasteiger partial charge < -0.3 is 14.5 Å². The molecule has 0 radical (unpaired) electrons. The van der Waals surface area contributed by atoms with E-state index in [0.29, 0.717) is 29.0 Å². The zero-order valence-corrected chi connectivity index (χ0v) is 12.0. The highest BCUT2D eigenvalue weighted by Crippen LogP contribution is 2.37. The fourth-order valence-electron chi connectivity index (χ4n) is 1.74. The number of benzene rings is 1. The number of imidazole rings is 1. The van der Waals surface area contributed by atoms with Crippen LogP contribution in [0.3, 0.4) is 0 Å². The zero-order valence-electron chi connectivity index (χ0n) is 11.2. The van der Waals surface area contributed by atoms with E-state index in [1.165, 1.54) is 0 Å². The Kier molecular flexibility index (Phi) is 4.32. The minimum absolute atomic E-state index is 0.0599. The van der Waals surface area contributed by atoms with E-state index in [1.807, 2.05) is 26.8 Å². The number of aromatic nitrogens is 2. The Hall–Kier alpha value is -1.68. The summed E-state index contributed by atoms with van der Waals surface area (Å²) in [5, 5.41) is 0.578. The van der Waals surface area contributed by atoms with Gasteiger partial charge in [-0.25, -0.2) is 4.98 Å². The normalized spacial score (nSPS) is 10.8. The van der Waals surface area contributed by atoms with Gasteiger partial charge in [-0.05, 0) is 26.8 Å². The lowest BCUT2D eigenvalue weighted by molar-refractivity contribution is 0.224. The van der Waals surface area contributed by atoms with E-state index in [2.05, 4.69) is 9.97 Å². The number of halogens is 1. The quantitative estimate of drug-likeness (QED) is 0.903. The summed E-state index contributed by atoms with van der Waals surface area (Å²) in [4.78, 5) is 7.23. The highest BCUT2D eigenvalue weighted by molar-refractivity contribution is 6.33. The van der Waals surface area contributed by atoms with Crippen LogP contribution in [0.2, 0.25) is 5.02 Å². The van der Waals surface area contributed by atoms with Crippen molar-refractivity contribution in [2.45, 2.75) is 26.9 Å². The molecule has 0 aliphatic heterocycles. The number of H-pyrrole nitrogens is 1. The van der Waals surface area contributed by atoms with Gasteiger partial charge in [0, 0.05) is 24.0 Å². The third kappa shape index (κ3) is 3.20. The maximum absolute atomic E-state index is 6.28. The monoisotopic (exact) mass is 280 g/mol. The lowest BCUT2D eigenvalue weighted by Gasteiger charge is -2.16. The number of ether oxygens (including phenoxy) is 2. The van der Waals surface area contributed by atoms with Crippen molar-refractivity contribution in [2.75, 3.05) is 6.61 Å². The van der Waals surface area contributed by atoms with Crippen LogP contribution in [0, 0.1) is 0 Å². The first-order chi connectivity index (χ1) is 9.11. The average molecular weight is 281 g/mol. The molecule has 0 atom stereocenters. The molecule has 1 N–H and O–H groups in total. The van der Waals surface area contributed by atoms with E-state index >= 15 is 0 Å². The third-order valence-corrected chi connectivity index (χ3v) is 2.76. The van der Waals surface area contributed by atoms with E-state index in [1.54, 1.807) is 18.5 Å². The molecule has 1 aromatic carbocycles. The van der Waals surface area contributed by atoms with Crippen molar-refractivity contribution < 1.29 is 9.47 Å². The predicted molar refractivity (Wildman–Crippen MR) is 76.0 cm³/mol. The molecule has 0 bridgehead atoms. The molecule has 0 aliphatic rings. The summed E-state index contributed by atoms with van der Waals surface area (Å²) in [6.07, 6.45) is 3.50. The van der Waals surface area contributed by atoms with Crippen molar-refractivity contribution >= 4 is 11.6 Å². The molecule has 0 fully saturated rings. The van der Waals surface area contributed by atoms with Crippen molar-refractivity contribution in [3.63, 3.8) is 0 Å². The van der Waals surface area contributed by atoms with Gasteiger partial charge in [0.2, 0.25) is 0 Å². The van der Waals surface area contributed by atoms with Gasteiger partial charge in [0.15, 0.2) is 11.5 Å². The number of hydrogen-bond acceptors (Lipinski definition) is 3. The molecule has 0 spiro atoms. The summed E-state index contributed by atoms with van der Waals surface area (Å²) < 4.78 is 11.3. The molecule has 102 valence electrons. The van der Waals surface area contributed by atoms with Crippen LogP contribution in [0.5, 0.6) is 11.5 Å². The second-order valence-corrected chi connectivity index (χ2v) is 4.72. The first-order valence-electron chi connectivity index (χ1n) is 6.24. The van der Waals surface area contributed by atoms with Crippen molar-refractivity contribution in [3.05, 3.63) is 29.5 Å². The van der Waals surface area contributed by atoms with E-state index in [-0.39, 0.29) is 6.10 Å². The lowest BCUT2D eigenvalue weighted by Crippen LogP contribution is -2.07. The van der Waals surface area contributed by atoms with Crippen LogP contribution < -0.4 is 9.47 Å². The van der Waals surface area contributed by atoms with Gasteiger partial charge in [-0.3, -0.25) is 0 Å². The first-order valence-corrected chi connectivity index (χ1v) is 6.62. The summed E-state index contributed by atoms with van der Waals surface area (Å²) >= 11 is 6.28.